The third kappa shape index (κ3) is 4.78. The minimum Gasteiger partial charge on any atom is -0.481 e. The third-order valence-electron chi connectivity index (χ3n) is 2.74. The summed E-state index contributed by atoms with van der Waals surface area (Å²) in [4.78, 5) is 23.6. The van der Waals surface area contributed by atoms with Crippen molar-refractivity contribution < 1.29 is 14.7 Å². The number of carboxylic acid groups (broad SMARTS) is 1. The Morgan fingerprint density at radius 2 is 2.00 bits per heavy atom. The first-order valence-electron chi connectivity index (χ1n) is 5.25. The van der Waals surface area contributed by atoms with Gasteiger partial charge in [0.05, 0.1) is 0 Å². The molecule has 5 nitrogen and oxygen atoms in total. The van der Waals surface area contributed by atoms with Gasteiger partial charge in [-0.05, 0) is 38.9 Å². The molecule has 1 fully saturated rings. The molecule has 0 aromatic rings. The Morgan fingerprint density at radius 3 is 2.53 bits per heavy atom. The van der Waals surface area contributed by atoms with Crippen molar-refractivity contribution in [2.24, 2.45) is 5.92 Å². The van der Waals surface area contributed by atoms with E-state index < -0.39 is 12.4 Å². The molecule has 1 aliphatic rings. The lowest BCUT2D eigenvalue weighted by Crippen LogP contribution is -2.37. The van der Waals surface area contributed by atoms with Gasteiger partial charge in [0.15, 0.2) is 0 Å². The predicted molar refractivity (Wildman–Crippen MR) is 55.5 cm³/mol. The van der Waals surface area contributed by atoms with Crippen LogP contribution in [-0.2, 0) is 9.59 Å². The largest absolute Gasteiger partial charge is 0.481 e. The molecular weight excluding hydrogens is 196 g/mol. The molecule has 0 aromatic heterocycles. The van der Waals surface area contributed by atoms with Crippen LogP contribution in [-0.4, -0.2) is 48.6 Å². The van der Waals surface area contributed by atoms with Crippen LogP contribution in [0.4, 0.5) is 0 Å². The second kappa shape index (κ2) is 5.70. The molecule has 0 aliphatic carbocycles. The Kier molecular flexibility index (Phi) is 4.55. The molecule has 5 heteroatoms. The summed E-state index contributed by atoms with van der Waals surface area (Å²) in [5.74, 6) is -0.962. The Balaban J connectivity index is 2.14. The molecule has 0 saturated carbocycles. The van der Waals surface area contributed by atoms with Crippen molar-refractivity contribution in [3.8, 4) is 0 Å². The summed E-state index contributed by atoms with van der Waals surface area (Å²) in [6.07, 6.45) is 1.72. The van der Waals surface area contributed by atoms with E-state index >= 15 is 0 Å². The third-order valence-corrected chi connectivity index (χ3v) is 2.74. The summed E-state index contributed by atoms with van der Waals surface area (Å²) < 4.78 is 0. The summed E-state index contributed by atoms with van der Waals surface area (Å²) in [6.45, 7) is 2.72. The highest BCUT2D eigenvalue weighted by Crippen LogP contribution is 2.14. The molecule has 0 bridgehead atoms. The van der Waals surface area contributed by atoms with Gasteiger partial charge in [0.1, 0.15) is 6.42 Å². The lowest BCUT2D eigenvalue weighted by molar-refractivity contribution is -0.140. The van der Waals surface area contributed by atoms with Crippen LogP contribution >= 0.6 is 0 Å². The normalized spacial score (nSPS) is 18.7. The van der Waals surface area contributed by atoms with Crippen molar-refractivity contribution >= 4 is 11.9 Å². The molecule has 0 aromatic carbocycles. The molecule has 15 heavy (non-hydrogen) atoms. The Bertz CT molecular complexity index is 235. The summed E-state index contributed by atoms with van der Waals surface area (Å²) in [5, 5.41) is 11.0. The van der Waals surface area contributed by atoms with Crippen molar-refractivity contribution in [3.63, 3.8) is 0 Å². The standard InChI is InChI=1S/C10H18N2O3/c1-12-4-2-8(3-5-12)7-11-9(13)6-10(14)15/h8H,2-7H2,1H3,(H,11,13)(H,14,15). The van der Waals surface area contributed by atoms with E-state index in [1.54, 1.807) is 0 Å². The number of likely N-dealkylation sites (tertiary alicyclic amines) is 1. The van der Waals surface area contributed by atoms with E-state index in [1.165, 1.54) is 0 Å². The molecule has 0 atom stereocenters. The molecule has 1 saturated heterocycles. The predicted octanol–water partition coefficient (Wildman–Crippen LogP) is -0.0809. The second-order valence-corrected chi connectivity index (χ2v) is 4.12. The van der Waals surface area contributed by atoms with Crippen molar-refractivity contribution in [1.29, 1.82) is 0 Å². The van der Waals surface area contributed by atoms with Gasteiger partial charge < -0.3 is 15.3 Å². The molecule has 1 amide bonds. The molecule has 1 heterocycles. The second-order valence-electron chi connectivity index (χ2n) is 4.12. The van der Waals surface area contributed by atoms with Crippen molar-refractivity contribution in [2.45, 2.75) is 19.3 Å². The number of carboxylic acids is 1. The fourth-order valence-electron chi connectivity index (χ4n) is 1.72. The fourth-order valence-corrected chi connectivity index (χ4v) is 1.72. The van der Waals surface area contributed by atoms with Gasteiger partial charge in [0.25, 0.3) is 0 Å². The Hall–Kier alpha value is -1.10. The van der Waals surface area contributed by atoms with E-state index in [0.29, 0.717) is 12.5 Å². The summed E-state index contributed by atoms with van der Waals surface area (Å²) in [5.41, 5.74) is 0. The number of amides is 1. The molecule has 0 spiro atoms. The van der Waals surface area contributed by atoms with E-state index in [4.69, 9.17) is 5.11 Å². The monoisotopic (exact) mass is 214 g/mol. The Morgan fingerprint density at radius 1 is 1.40 bits per heavy atom. The van der Waals surface area contributed by atoms with Crippen molar-refractivity contribution in [1.82, 2.24) is 10.2 Å². The average Bonchev–Trinajstić information content (AvgIpc) is 2.16. The van der Waals surface area contributed by atoms with Crippen LogP contribution in [0.5, 0.6) is 0 Å². The number of hydrogen-bond acceptors (Lipinski definition) is 3. The molecule has 2 N–H and O–H groups in total. The number of rotatable bonds is 4. The van der Waals surface area contributed by atoms with E-state index in [1.807, 2.05) is 0 Å². The van der Waals surface area contributed by atoms with Gasteiger partial charge in [-0.25, -0.2) is 0 Å². The fraction of sp³-hybridized carbons (Fsp3) is 0.800. The van der Waals surface area contributed by atoms with Crippen LogP contribution in [0.25, 0.3) is 0 Å². The number of piperidine rings is 1. The van der Waals surface area contributed by atoms with Crippen LogP contribution in [0.1, 0.15) is 19.3 Å². The highest BCUT2D eigenvalue weighted by atomic mass is 16.4. The van der Waals surface area contributed by atoms with Crippen molar-refractivity contribution in [2.75, 3.05) is 26.7 Å². The highest BCUT2D eigenvalue weighted by Gasteiger charge is 2.17. The number of carbonyl (C=O) groups is 2. The van der Waals surface area contributed by atoms with Gasteiger partial charge in [0, 0.05) is 6.54 Å². The molecule has 1 aliphatic heterocycles. The van der Waals surface area contributed by atoms with E-state index in [2.05, 4.69) is 17.3 Å². The number of hydrogen-bond donors (Lipinski definition) is 2. The van der Waals surface area contributed by atoms with E-state index in [-0.39, 0.29) is 5.91 Å². The van der Waals surface area contributed by atoms with E-state index in [9.17, 15) is 9.59 Å². The average molecular weight is 214 g/mol. The van der Waals surface area contributed by atoms with Crippen LogP contribution in [0.2, 0.25) is 0 Å². The van der Waals surface area contributed by atoms with E-state index in [0.717, 1.165) is 25.9 Å². The molecular formula is C10H18N2O3. The first-order valence-corrected chi connectivity index (χ1v) is 5.25. The van der Waals surface area contributed by atoms with Crippen molar-refractivity contribution in [3.05, 3.63) is 0 Å². The first kappa shape index (κ1) is 12.0. The first-order chi connectivity index (χ1) is 7.08. The maximum absolute atomic E-state index is 11.1. The summed E-state index contributed by atoms with van der Waals surface area (Å²) in [6, 6.07) is 0. The van der Waals surface area contributed by atoms with Crippen LogP contribution in [0.15, 0.2) is 0 Å². The Labute approximate surface area is 89.4 Å². The maximum atomic E-state index is 11.1. The summed E-state index contributed by atoms with van der Waals surface area (Å²) in [7, 11) is 2.08. The number of nitrogens with one attached hydrogen (secondary N) is 1. The van der Waals surface area contributed by atoms with Gasteiger partial charge in [-0.15, -0.1) is 0 Å². The maximum Gasteiger partial charge on any atom is 0.312 e. The number of carbonyl (C=O) groups excluding carboxylic acids is 1. The van der Waals surface area contributed by atoms with Gasteiger partial charge in [0.2, 0.25) is 5.91 Å². The SMILES string of the molecule is CN1CCC(CNC(=O)CC(=O)O)CC1. The minimum absolute atomic E-state index is 0.388. The molecule has 0 radical (unpaired) electrons. The van der Waals surface area contributed by atoms with Gasteiger partial charge in [-0.3, -0.25) is 9.59 Å². The van der Waals surface area contributed by atoms with Crippen LogP contribution in [0.3, 0.4) is 0 Å². The lowest BCUT2D eigenvalue weighted by Gasteiger charge is -2.28. The van der Waals surface area contributed by atoms with Crippen LogP contribution in [0, 0.1) is 5.92 Å². The smallest absolute Gasteiger partial charge is 0.312 e. The topological polar surface area (TPSA) is 69.6 Å². The lowest BCUT2D eigenvalue weighted by atomic mass is 9.97. The molecule has 1 rings (SSSR count). The zero-order chi connectivity index (χ0) is 11.3. The number of aliphatic carboxylic acids is 1. The highest BCUT2D eigenvalue weighted by molar-refractivity contribution is 5.93. The molecule has 86 valence electrons. The van der Waals surface area contributed by atoms with Crippen LogP contribution < -0.4 is 5.32 Å². The quantitative estimate of drug-likeness (QED) is 0.642. The summed E-state index contributed by atoms with van der Waals surface area (Å²) >= 11 is 0. The van der Waals surface area contributed by atoms with Gasteiger partial charge in [-0.2, -0.15) is 0 Å². The minimum atomic E-state index is -1.07. The zero-order valence-corrected chi connectivity index (χ0v) is 9.03. The molecule has 0 unspecified atom stereocenters. The van der Waals surface area contributed by atoms with Gasteiger partial charge in [-0.1, -0.05) is 0 Å². The zero-order valence-electron chi connectivity index (χ0n) is 9.03. The number of nitrogens with zero attached hydrogens (tertiary/aromatic N) is 1. The van der Waals surface area contributed by atoms with Gasteiger partial charge >= 0.3 is 5.97 Å².